The quantitative estimate of drug-likeness (QED) is 0.514. The number of thioether (sulfide) groups is 1. The minimum Gasteiger partial charge on any atom is -0.384 e. The second-order valence-electron chi connectivity index (χ2n) is 4.79. The number of halogens is 1. The van der Waals surface area contributed by atoms with Crippen LogP contribution >= 0.6 is 11.8 Å². The van der Waals surface area contributed by atoms with Crippen LogP contribution in [0.4, 0.5) is 10.1 Å². The third-order valence-electron chi connectivity index (χ3n) is 3.27. The van der Waals surface area contributed by atoms with Crippen molar-refractivity contribution in [1.29, 1.82) is 0 Å². The molecule has 3 aromatic rings. The van der Waals surface area contributed by atoms with Gasteiger partial charge >= 0.3 is 0 Å². The summed E-state index contributed by atoms with van der Waals surface area (Å²) < 4.78 is 12.8. The van der Waals surface area contributed by atoms with Gasteiger partial charge in [0.05, 0.1) is 0 Å². The molecule has 0 atom stereocenters. The molecule has 0 spiro atoms. The molecule has 0 saturated heterocycles. The summed E-state index contributed by atoms with van der Waals surface area (Å²) in [7, 11) is 0. The number of anilines is 1. The number of hydrogen-bond acceptors (Lipinski definition) is 2. The van der Waals surface area contributed by atoms with Gasteiger partial charge < -0.3 is 5.32 Å². The normalized spacial score (nSPS) is 10.7. The predicted molar refractivity (Wildman–Crippen MR) is 89.6 cm³/mol. The number of rotatable bonds is 5. The first-order chi connectivity index (χ1) is 10.3. The van der Waals surface area contributed by atoms with E-state index in [-0.39, 0.29) is 5.82 Å². The first-order valence-electron chi connectivity index (χ1n) is 6.92. The van der Waals surface area contributed by atoms with E-state index in [0.717, 1.165) is 18.0 Å². The molecule has 106 valence electrons. The molecule has 0 heterocycles. The zero-order chi connectivity index (χ0) is 14.5. The van der Waals surface area contributed by atoms with Crippen molar-refractivity contribution in [1.82, 2.24) is 0 Å². The highest BCUT2D eigenvalue weighted by atomic mass is 32.2. The number of fused-ring (bicyclic) bond motifs is 1. The minimum absolute atomic E-state index is 0.203. The number of benzene rings is 3. The lowest BCUT2D eigenvalue weighted by Gasteiger charge is -2.07. The van der Waals surface area contributed by atoms with Crippen LogP contribution in [0.3, 0.4) is 0 Å². The molecule has 1 N–H and O–H groups in total. The Bertz CT molecular complexity index is 725. The molecule has 0 aliphatic heterocycles. The van der Waals surface area contributed by atoms with Crippen molar-refractivity contribution in [2.75, 3.05) is 17.6 Å². The summed E-state index contributed by atoms with van der Waals surface area (Å²) in [4.78, 5) is 1.27. The van der Waals surface area contributed by atoms with Crippen LogP contribution in [0.25, 0.3) is 10.8 Å². The maximum Gasteiger partial charge on any atom is 0.123 e. The van der Waals surface area contributed by atoms with Crippen LogP contribution < -0.4 is 5.32 Å². The third-order valence-corrected chi connectivity index (χ3v) is 4.26. The van der Waals surface area contributed by atoms with Crippen molar-refractivity contribution in [2.24, 2.45) is 0 Å². The van der Waals surface area contributed by atoms with Gasteiger partial charge in [-0.3, -0.25) is 0 Å². The highest BCUT2D eigenvalue weighted by molar-refractivity contribution is 7.99. The summed E-state index contributed by atoms with van der Waals surface area (Å²) in [6, 6.07) is 21.4. The van der Waals surface area contributed by atoms with Gasteiger partial charge in [-0.25, -0.2) is 4.39 Å². The van der Waals surface area contributed by atoms with Gasteiger partial charge in [0.15, 0.2) is 0 Å². The summed E-state index contributed by atoms with van der Waals surface area (Å²) in [5, 5.41) is 5.83. The molecule has 0 aliphatic rings. The average Bonchev–Trinajstić information content (AvgIpc) is 2.53. The van der Waals surface area contributed by atoms with E-state index in [2.05, 4.69) is 47.8 Å². The molecule has 0 amide bonds. The second-order valence-corrected chi connectivity index (χ2v) is 5.96. The van der Waals surface area contributed by atoms with E-state index in [0.29, 0.717) is 0 Å². The molecule has 0 aromatic heterocycles. The monoisotopic (exact) mass is 297 g/mol. The van der Waals surface area contributed by atoms with Crippen LogP contribution in [0, 0.1) is 5.82 Å². The standard InChI is InChI=1S/C18H16FNS/c19-16-6-8-17(9-7-16)20-11-12-21-18-10-5-14-3-1-2-4-15(14)13-18/h1-10,13,20H,11-12H2. The molecule has 0 unspecified atom stereocenters. The minimum atomic E-state index is -0.203. The Morgan fingerprint density at radius 3 is 2.43 bits per heavy atom. The van der Waals surface area contributed by atoms with Crippen molar-refractivity contribution in [3.63, 3.8) is 0 Å². The van der Waals surface area contributed by atoms with E-state index in [1.54, 1.807) is 12.1 Å². The van der Waals surface area contributed by atoms with Gasteiger partial charge in [-0.2, -0.15) is 0 Å². The zero-order valence-corrected chi connectivity index (χ0v) is 12.4. The molecule has 0 bridgehead atoms. The molecule has 3 aromatic carbocycles. The zero-order valence-electron chi connectivity index (χ0n) is 11.6. The van der Waals surface area contributed by atoms with Crippen molar-refractivity contribution >= 4 is 28.2 Å². The lowest BCUT2D eigenvalue weighted by Crippen LogP contribution is -2.03. The Hall–Kier alpha value is -2.00. The third kappa shape index (κ3) is 3.76. The van der Waals surface area contributed by atoms with Crippen LogP contribution in [0.5, 0.6) is 0 Å². The molecular weight excluding hydrogens is 281 g/mol. The van der Waals surface area contributed by atoms with Crippen LogP contribution in [-0.2, 0) is 0 Å². The number of nitrogens with one attached hydrogen (secondary N) is 1. The molecule has 0 fully saturated rings. The van der Waals surface area contributed by atoms with Crippen molar-refractivity contribution in [3.8, 4) is 0 Å². The van der Waals surface area contributed by atoms with Crippen LogP contribution in [-0.4, -0.2) is 12.3 Å². The molecule has 1 nitrogen and oxygen atoms in total. The smallest absolute Gasteiger partial charge is 0.123 e. The van der Waals surface area contributed by atoms with E-state index in [4.69, 9.17) is 0 Å². The van der Waals surface area contributed by atoms with Gasteiger partial charge in [-0.15, -0.1) is 11.8 Å². The Kier molecular flexibility index (Phi) is 4.41. The summed E-state index contributed by atoms with van der Waals surface area (Å²) in [5.41, 5.74) is 0.954. The van der Waals surface area contributed by atoms with Crippen LogP contribution in [0.1, 0.15) is 0 Å². The van der Waals surface area contributed by atoms with E-state index >= 15 is 0 Å². The lowest BCUT2D eigenvalue weighted by atomic mass is 10.1. The van der Waals surface area contributed by atoms with E-state index < -0.39 is 0 Å². The largest absolute Gasteiger partial charge is 0.384 e. The molecule has 0 aliphatic carbocycles. The first kappa shape index (κ1) is 14.0. The van der Waals surface area contributed by atoms with Crippen molar-refractivity contribution in [2.45, 2.75) is 4.90 Å². The fourth-order valence-electron chi connectivity index (χ4n) is 2.19. The van der Waals surface area contributed by atoms with Crippen LogP contribution in [0.15, 0.2) is 71.6 Å². The average molecular weight is 297 g/mol. The summed E-state index contributed by atoms with van der Waals surface area (Å²) in [6.45, 7) is 0.850. The highest BCUT2D eigenvalue weighted by Crippen LogP contribution is 2.23. The van der Waals surface area contributed by atoms with Crippen molar-refractivity contribution < 1.29 is 4.39 Å². The SMILES string of the molecule is Fc1ccc(NCCSc2ccc3ccccc3c2)cc1. The molecule has 0 saturated carbocycles. The van der Waals surface area contributed by atoms with Crippen molar-refractivity contribution in [3.05, 3.63) is 72.5 Å². The maximum absolute atomic E-state index is 12.8. The number of hydrogen-bond donors (Lipinski definition) is 1. The maximum atomic E-state index is 12.8. The Morgan fingerprint density at radius 2 is 1.62 bits per heavy atom. The van der Waals surface area contributed by atoms with Gasteiger partial charge in [0, 0.05) is 22.9 Å². The van der Waals surface area contributed by atoms with Gasteiger partial charge in [0.25, 0.3) is 0 Å². The van der Waals surface area contributed by atoms with Gasteiger partial charge in [0.2, 0.25) is 0 Å². The Labute approximate surface area is 128 Å². The fourth-order valence-corrected chi connectivity index (χ4v) is 3.00. The van der Waals surface area contributed by atoms with Crippen LogP contribution in [0.2, 0.25) is 0 Å². The Balaban J connectivity index is 1.53. The van der Waals surface area contributed by atoms with E-state index in [9.17, 15) is 4.39 Å². The molecule has 0 radical (unpaired) electrons. The molecular formula is C18H16FNS. The first-order valence-corrected chi connectivity index (χ1v) is 7.91. The highest BCUT2D eigenvalue weighted by Gasteiger charge is 1.98. The van der Waals surface area contributed by atoms with Gasteiger partial charge in [-0.1, -0.05) is 30.3 Å². The topological polar surface area (TPSA) is 12.0 Å². The molecule has 3 rings (SSSR count). The Morgan fingerprint density at radius 1 is 0.857 bits per heavy atom. The summed E-state index contributed by atoms with van der Waals surface area (Å²) in [6.07, 6.45) is 0. The second kappa shape index (κ2) is 6.64. The van der Waals surface area contributed by atoms with E-state index in [1.165, 1.54) is 27.8 Å². The van der Waals surface area contributed by atoms with E-state index in [1.807, 2.05) is 11.8 Å². The molecule has 3 heteroatoms. The predicted octanol–water partition coefficient (Wildman–Crippen LogP) is 5.18. The summed E-state index contributed by atoms with van der Waals surface area (Å²) >= 11 is 1.82. The fraction of sp³-hybridized carbons (Fsp3) is 0.111. The molecule has 21 heavy (non-hydrogen) atoms. The lowest BCUT2D eigenvalue weighted by molar-refractivity contribution is 0.628. The van der Waals surface area contributed by atoms with Gasteiger partial charge in [-0.05, 0) is 47.2 Å². The van der Waals surface area contributed by atoms with Gasteiger partial charge in [0.1, 0.15) is 5.82 Å². The summed E-state index contributed by atoms with van der Waals surface area (Å²) in [5.74, 6) is 0.765.